The van der Waals surface area contributed by atoms with Crippen molar-refractivity contribution in [2.24, 2.45) is 5.10 Å². The van der Waals surface area contributed by atoms with Gasteiger partial charge >= 0.3 is 5.97 Å². The average Bonchev–Trinajstić information content (AvgIpc) is 3.05. The second-order valence-corrected chi connectivity index (χ2v) is 7.33. The van der Waals surface area contributed by atoms with Crippen LogP contribution in [0.1, 0.15) is 10.4 Å². The van der Waals surface area contributed by atoms with E-state index in [0.29, 0.717) is 15.7 Å². The molecule has 0 amide bonds. The summed E-state index contributed by atoms with van der Waals surface area (Å²) in [6, 6.07) is 17.6. The molecule has 1 heterocycles. The van der Waals surface area contributed by atoms with Gasteiger partial charge in [-0.05, 0) is 24.0 Å². The minimum Gasteiger partial charge on any atom is -0.481 e. The molecule has 0 radical (unpaired) electrons. The largest absolute Gasteiger partial charge is 0.481 e. The number of hydrazone groups is 1. The predicted molar refractivity (Wildman–Crippen MR) is 108 cm³/mol. The summed E-state index contributed by atoms with van der Waals surface area (Å²) in [4.78, 5) is 17.6. The van der Waals surface area contributed by atoms with Crippen LogP contribution >= 0.6 is 23.1 Å². The van der Waals surface area contributed by atoms with Crippen LogP contribution in [0, 0.1) is 0 Å². The fourth-order valence-corrected chi connectivity index (χ4v) is 3.66. The van der Waals surface area contributed by atoms with Crippen molar-refractivity contribution in [1.29, 1.82) is 0 Å². The maximum absolute atomic E-state index is 11.1. The zero-order valence-electron chi connectivity index (χ0n) is 14.0. The first kappa shape index (κ1) is 18.2. The van der Waals surface area contributed by atoms with Gasteiger partial charge in [0, 0.05) is 15.3 Å². The van der Waals surface area contributed by atoms with Crippen molar-refractivity contribution in [2.45, 2.75) is 11.3 Å². The third kappa shape index (κ3) is 4.71. The van der Waals surface area contributed by atoms with Gasteiger partial charge in [-0.15, -0.1) is 11.8 Å². The number of benzene rings is 2. The van der Waals surface area contributed by atoms with Gasteiger partial charge in [-0.2, -0.15) is 5.10 Å². The Bertz CT molecular complexity index is 906. The van der Waals surface area contributed by atoms with Gasteiger partial charge in [-0.3, -0.25) is 10.2 Å². The van der Waals surface area contributed by atoms with Crippen molar-refractivity contribution in [1.82, 2.24) is 4.98 Å². The molecule has 0 aliphatic heterocycles. The molecule has 0 unspecified atom stereocenters. The maximum atomic E-state index is 11.1. The average molecular weight is 383 g/mol. The summed E-state index contributed by atoms with van der Waals surface area (Å²) in [5, 5.41) is 13.9. The molecular formula is C19H17N3O2S2. The molecule has 0 atom stereocenters. The number of aromatic nitrogens is 1. The number of anilines is 1. The van der Waals surface area contributed by atoms with E-state index in [2.05, 4.69) is 15.5 Å². The molecule has 0 aliphatic rings. The maximum Gasteiger partial charge on any atom is 0.308 e. The molecule has 3 aromatic rings. The zero-order chi connectivity index (χ0) is 18.4. The summed E-state index contributed by atoms with van der Waals surface area (Å²) < 4.78 is 0. The van der Waals surface area contributed by atoms with E-state index >= 15 is 0 Å². The first-order valence-corrected chi connectivity index (χ1v) is 9.90. The van der Waals surface area contributed by atoms with Crippen molar-refractivity contribution in [3.8, 4) is 11.3 Å². The van der Waals surface area contributed by atoms with Crippen LogP contribution in [-0.4, -0.2) is 28.5 Å². The lowest BCUT2D eigenvalue weighted by molar-refractivity contribution is -0.136. The highest BCUT2D eigenvalue weighted by Gasteiger charge is 2.15. The summed E-state index contributed by atoms with van der Waals surface area (Å²) in [7, 11) is 0. The van der Waals surface area contributed by atoms with E-state index in [0.717, 1.165) is 11.1 Å². The number of thiazole rings is 1. The summed E-state index contributed by atoms with van der Waals surface area (Å²) in [5.74, 6) is -0.880. The van der Waals surface area contributed by atoms with Crippen LogP contribution in [0.2, 0.25) is 0 Å². The van der Waals surface area contributed by atoms with Crippen LogP contribution in [0.4, 0.5) is 5.13 Å². The molecule has 5 nitrogen and oxygen atoms in total. The Labute approximate surface area is 159 Å². The highest BCUT2D eigenvalue weighted by molar-refractivity contribution is 7.98. The third-order valence-electron chi connectivity index (χ3n) is 3.55. The number of nitrogens with one attached hydrogen (secondary N) is 1. The van der Waals surface area contributed by atoms with Crippen LogP contribution < -0.4 is 5.43 Å². The Hall–Kier alpha value is -2.64. The molecule has 0 bridgehead atoms. The smallest absolute Gasteiger partial charge is 0.308 e. The molecule has 26 heavy (non-hydrogen) atoms. The minimum absolute atomic E-state index is 0.0660. The molecule has 2 aromatic carbocycles. The van der Waals surface area contributed by atoms with Crippen molar-refractivity contribution in [3.05, 3.63) is 65.0 Å². The van der Waals surface area contributed by atoms with Crippen molar-refractivity contribution < 1.29 is 9.90 Å². The van der Waals surface area contributed by atoms with E-state index in [-0.39, 0.29) is 6.42 Å². The summed E-state index contributed by atoms with van der Waals surface area (Å²) in [6.07, 6.45) is 3.68. The van der Waals surface area contributed by atoms with Gasteiger partial charge in [0.15, 0.2) is 0 Å². The van der Waals surface area contributed by atoms with Gasteiger partial charge < -0.3 is 5.11 Å². The van der Waals surface area contributed by atoms with Crippen LogP contribution in [0.5, 0.6) is 0 Å². The lowest BCUT2D eigenvalue weighted by atomic mass is 10.1. The Morgan fingerprint density at radius 3 is 2.62 bits per heavy atom. The van der Waals surface area contributed by atoms with E-state index in [9.17, 15) is 4.79 Å². The zero-order valence-corrected chi connectivity index (χ0v) is 15.7. The molecule has 7 heteroatoms. The molecule has 0 aliphatic carbocycles. The molecule has 0 spiro atoms. The van der Waals surface area contributed by atoms with Gasteiger partial charge in [-0.1, -0.05) is 53.8 Å². The standard InChI is InChI=1S/C19H17N3O2S2/c1-25-15-9-7-13(8-10-15)12-20-22-19-21-18(14-5-3-2-4-6-14)16(26-19)11-17(23)24/h2-10,12H,11H2,1H3,(H,21,22)(H,23,24)/b20-12-. The minimum atomic E-state index is -0.880. The first-order valence-electron chi connectivity index (χ1n) is 7.86. The molecule has 0 saturated heterocycles. The third-order valence-corrected chi connectivity index (χ3v) is 5.25. The number of rotatable bonds is 7. The molecular weight excluding hydrogens is 366 g/mol. The van der Waals surface area contributed by atoms with Crippen molar-refractivity contribution >= 4 is 40.4 Å². The second-order valence-electron chi connectivity index (χ2n) is 5.37. The number of nitrogens with zero attached hydrogens (tertiary/aromatic N) is 2. The van der Waals surface area contributed by atoms with Gasteiger partial charge in [0.1, 0.15) is 0 Å². The summed E-state index contributed by atoms with van der Waals surface area (Å²) in [5.41, 5.74) is 5.45. The molecule has 2 N–H and O–H groups in total. The number of carboxylic acid groups (broad SMARTS) is 1. The summed E-state index contributed by atoms with van der Waals surface area (Å²) >= 11 is 2.99. The second kappa shape index (κ2) is 8.64. The van der Waals surface area contributed by atoms with Crippen LogP contribution in [-0.2, 0) is 11.2 Å². The first-order chi connectivity index (χ1) is 12.7. The lowest BCUT2D eigenvalue weighted by Gasteiger charge is -1.99. The monoisotopic (exact) mass is 383 g/mol. The van der Waals surface area contributed by atoms with Crippen molar-refractivity contribution in [2.75, 3.05) is 11.7 Å². The van der Waals surface area contributed by atoms with Gasteiger partial charge in [0.2, 0.25) is 5.13 Å². The predicted octanol–water partition coefficient (Wildman–Crippen LogP) is 4.61. The molecule has 0 fully saturated rings. The van der Waals surface area contributed by atoms with Gasteiger partial charge in [-0.25, -0.2) is 4.98 Å². The number of hydrogen-bond acceptors (Lipinski definition) is 6. The number of hydrogen-bond donors (Lipinski definition) is 2. The highest BCUT2D eigenvalue weighted by atomic mass is 32.2. The van der Waals surface area contributed by atoms with Gasteiger partial charge in [0.25, 0.3) is 0 Å². The van der Waals surface area contributed by atoms with E-state index < -0.39 is 5.97 Å². The SMILES string of the molecule is CSc1ccc(/C=N\Nc2nc(-c3ccccc3)c(CC(=O)O)s2)cc1. The number of aliphatic carboxylic acids is 1. The highest BCUT2D eigenvalue weighted by Crippen LogP contribution is 2.31. The molecule has 3 rings (SSSR count). The van der Waals surface area contributed by atoms with Crippen LogP contribution in [0.3, 0.4) is 0 Å². The van der Waals surface area contributed by atoms with Gasteiger partial charge in [0.05, 0.1) is 18.3 Å². The Morgan fingerprint density at radius 2 is 1.96 bits per heavy atom. The molecule has 132 valence electrons. The normalized spacial score (nSPS) is 11.0. The topological polar surface area (TPSA) is 74.6 Å². The van der Waals surface area contributed by atoms with E-state index in [1.165, 1.54) is 16.2 Å². The quantitative estimate of drug-likeness (QED) is 0.354. The van der Waals surface area contributed by atoms with Crippen molar-refractivity contribution in [3.63, 3.8) is 0 Å². The number of carboxylic acids is 1. The van der Waals surface area contributed by atoms with E-state index in [1.807, 2.05) is 60.9 Å². The lowest BCUT2D eigenvalue weighted by Crippen LogP contribution is -1.99. The number of carbonyl (C=O) groups is 1. The molecule has 0 saturated carbocycles. The summed E-state index contributed by atoms with van der Waals surface area (Å²) in [6.45, 7) is 0. The molecule has 1 aromatic heterocycles. The fourth-order valence-electron chi connectivity index (χ4n) is 2.33. The van der Waals surface area contributed by atoms with Crippen LogP contribution in [0.15, 0.2) is 64.6 Å². The fraction of sp³-hybridized carbons (Fsp3) is 0.105. The Morgan fingerprint density at radius 1 is 1.23 bits per heavy atom. The Balaban J connectivity index is 1.78. The van der Waals surface area contributed by atoms with Crippen LogP contribution in [0.25, 0.3) is 11.3 Å². The van der Waals surface area contributed by atoms with E-state index in [1.54, 1.807) is 18.0 Å². The number of thioether (sulfide) groups is 1. The van der Waals surface area contributed by atoms with E-state index in [4.69, 9.17) is 5.11 Å². The Kier molecular flexibility index (Phi) is 6.04.